The molecule has 3 heteroatoms. The lowest BCUT2D eigenvalue weighted by atomic mass is 9.80. The van der Waals surface area contributed by atoms with Gasteiger partial charge in [0.05, 0.1) is 0 Å². The average Bonchev–Trinajstić information content (AvgIpc) is 2.77. The zero-order chi connectivity index (χ0) is 12.3. The van der Waals surface area contributed by atoms with Crippen LogP contribution in [0.1, 0.15) is 51.9 Å². The van der Waals surface area contributed by atoms with Crippen molar-refractivity contribution in [2.75, 3.05) is 13.1 Å². The summed E-state index contributed by atoms with van der Waals surface area (Å²) in [5.41, 5.74) is 5.72. The van der Waals surface area contributed by atoms with Crippen LogP contribution in [-0.2, 0) is 4.79 Å². The fourth-order valence-corrected chi connectivity index (χ4v) is 3.52. The minimum Gasteiger partial charge on any atom is -0.338 e. The summed E-state index contributed by atoms with van der Waals surface area (Å²) in [5.74, 6) is 1.80. The third kappa shape index (κ3) is 3.21. The van der Waals surface area contributed by atoms with Crippen molar-refractivity contribution in [1.29, 1.82) is 0 Å². The molecule has 1 saturated carbocycles. The van der Waals surface area contributed by atoms with E-state index in [9.17, 15) is 4.79 Å². The number of rotatable bonds is 3. The minimum atomic E-state index is 0.323. The number of hydrogen-bond acceptors (Lipinski definition) is 2. The molecule has 98 valence electrons. The number of amides is 1. The van der Waals surface area contributed by atoms with Crippen LogP contribution < -0.4 is 5.73 Å². The first-order valence-electron chi connectivity index (χ1n) is 7.20. The van der Waals surface area contributed by atoms with Crippen molar-refractivity contribution >= 4 is 5.91 Å². The molecule has 3 nitrogen and oxygen atoms in total. The summed E-state index contributed by atoms with van der Waals surface area (Å²) in [6.45, 7) is 3.88. The van der Waals surface area contributed by atoms with E-state index in [2.05, 4.69) is 6.92 Å². The molecule has 2 aliphatic rings. The molecule has 2 rings (SSSR count). The fourth-order valence-electron chi connectivity index (χ4n) is 3.52. The van der Waals surface area contributed by atoms with Gasteiger partial charge in [0.1, 0.15) is 0 Å². The molecule has 17 heavy (non-hydrogen) atoms. The topological polar surface area (TPSA) is 46.3 Å². The third-order valence-corrected chi connectivity index (χ3v) is 4.48. The van der Waals surface area contributed by atoms with Crippen molar-refractivity contribution in [3.05, 3.63) is 0 Å². The van der Waals surface area contributed by atoms with E-state index >= 15 is 0 Å². The number of likely N-dealkylation sites (tertiary alicyclic amines) is 1. The SMILES string of the molecule is C[C@@H]1CCC[C@@H](CC(=O)N2CCC[C@@H]2CN)C1. The maximum absolute atomic E-state index is 12.3. The van der Waals surface area contributed by atoms with Gasteiger partial charge >= 0.3 is 0 Å². The van der Waals surface area contributed by atoms with Gasteiger partial charge in [-0.1, -0.05) is 19.8 Å². The highest BCUT2D eigenvalue weighted by Gasteiger charge is 2.30. The Hall–Kier alpha value is -0.570. The van der Waals surface area contributed by atoms with E-state index in [1.807, 2.05) is 4.90 Å². The summed E-state index contributed by atoms with van der Waals surface area (Å²) in [4.78, 5) is 14.3. The molecule has 0 aromatic heterocycles. The lowest BCUT2D eigenvalue weighted by Gasteiger charge is -2.29. The van der Waals surface area contributed by atoms with Crippen LogP contribution in [0.15, 0.2) is 0 Å². The molecule has 1 aliphatic carbocycles. The highest BCUT2D eigenvalue weighted by molar-refractivity contribution is 5.77. The van der Waals surface area contributed by atoms with Gasteiger partial charge in [-0.15, -0.1) is 0 Å². The van der Waals surface area contributed by atoms with E-state index in [0.29, 0.717) is 24.4 Å². The zero-order valence-corrected chi connectivity index (χ0v) is 11.0. The third-order valence-electron chi connectivity index (χ3n) is 4.48. The second-order valence-electron chi connectivity index (χ2n) is 5.96. The standard InChI is InChI=1S/C14H26N2O/c1-11-4-2-5-12(8-11)9-14(17)16-7-3-6-13(16)10-15/h11-13H,2-10,15H2,1H3/t11-,12-,13-/m1/s1. The van der Waals surface area contributed by atoms with Crippen LogP contribution in [0.3, 0.4) is 0 Å². The van der Waals surface area contributed by atoms with E-state index in [1.165, 1.54) is 25.7 Å². The predicted molar refractivity (Wildman–Crippen MR) is 69.5 cm³/mol. The van der Waals surface area contributed by atoms with Crippen molar-refractivity contribution < 1.29 is 4.79 Å². The van der Waals surface area contributed by atoms with Gasteiger partial charge in [-0.2, -0.15) is 0 Å². The van der Waals surface area contributed by atoms with Crippen molar-refractivity contribution in [3.8, 4) is 0 Å². The first-order valence-corrected chi connectivity index (χ1v) is 7.20. The maximum Gasteiger partial charge on any atom is 0.223 e. The van der Waals surface area contributed by atoms with E-state index in [4.69, 9.17) is 5.73 Å². The second kappa shape index (κ2) is 5.85. The number of nitrogens with zero attached hydrogens (tertiary/aromatic N) is 1. The number of carbonyl (C=O) groups excluding carboxylic acids is 1. The highest BCUT2D eigenvalue weighted by atomic mass is 16.2. The van der Waals surface area contributed by atoms with Gasteiger partial charge in [0.25, 0.3) is 0 Å². The second-order valence-corrected chi connectivity index (χ2v) is 5.96. The Morgan fingerprint density at radius 2 is 2.12 bits per heavy atom. The molecule has 2 N–H and O–H groups in total. The van der Waals surface area contributed by atoms with Gasteiger partial charge in [0.15, 0.2) is 0 Å². The summed E-state index contributed by atoms with van der Waals surface area (Å²) >= 11 is 0. The van der Waals surface area contributed by atoms with Crippen LogP contribution in [0.5, 0.6) is 0 Å². The summed E-state index contributed by atoms with van der Waals surface area (Å²) in [7, 11) is 0. The molecular formula is C14H26N2O. The lowest BCUT2D eigenvalue weighted by Crippen LogP contribution is -2.40. The summed E-state index contributed by atoms with van der Waals surface area (Å²) in [5, 5.41) is 0. The minimum absolute atomic E-state index is 0.323. The van der Waals surface area contributed by atoms with Crippen molar-refractivity contribution in [2.24, 2.45) is 17.6 Å². The van der Waals surface area contributed by atoms with Crippen molar-refractivity contribution in [2.45, 2.75) is 57.9 Å². The predicted octanol–water partition coefficient (Wildman–Crippen LogP) is 2.15. The smallest absolute Gasteiger partial charge is 0.223 e. The van der Waals surface area contributed by atoms with Gasteiger partial charge in [0.2, 0.25) is 5.91 Å². The van der Waals surface area contributed by atoms with Gasteiger partial charge in [0, 0.05) is 25.6 Å². The molecule has 0 aromatic rings. The molecule has 1 aliphatic heterocycles. The van der Waals surface area contributed by atoms with Crippen LogP contribution in [0.4, 0.5) is 0 Å². The molecule has 0 radical (unpaired) electrons. The Morgan fingerprint density at radius 3 is 2.82 bits per heavy atom. The van der Waals surface area contributed by atoms with Crippen molar-refractivity contribution in [1.82, 2.24) is 4.90 Å². The summed E-state index contributed by atoms with van der Waals surface area (Å²) < 4.78 is 0. The molecule has 0 unspecified atom stereocenters. The quantitative estimate of drug-likeness (QED) is 0.819. The normalized spacial score (nSPS) is 34.0. The Balaban J connectivity index is 1.83. The summed E-state index contributed by atoms with van der Waals surface area (Å²) in [6.07, 6.45) is 8.14. The molecule has 0 spiro atoms. The van der Waals surface area contributed by atoms with Crippen LogP contribution in [-0.4, -0.2) is 29.9 Å². The van der Waals surface area contributed by atoms with E-state index in [1.54, 1.807) is 0 Å². The largest absolute Gasteiger partial charge is 0.338 e. The average molecular weight is 238 g/mol. The van der Waals surface area contributed by atoms with E-state index < -0.39 is 0 Å². The lowest BCUT2D eigenvalue weighted by molar-refractivity contribution is -0.133. The molecule has 1 saturated heterocycles. The molecule has 0 aromatic carbocycles. The first-order chi connectivity index (χ1) is 8.20. The van der Waals surface area contributed by atoms with Gasteiger partial charge in [-0.25, -0.2) is 0 Å². The molecule has 1 amide bonds. The molecule has 3 atom stereocenters. The van der Waals surface area contributed by atoms with Crippen LogP contribution in [0.2, 0.25) is 0 Å². The Bertz CT molecular complexity index is 267. The van der Waals surface area contributed by atoms with Crippen LogP contribution in [0.25, 0.3) is 0 Å². The first kappa shape index (κ1) is 12.9. The molecular weight excluding hydrogens is 212 g/mol. The number of carbonyl (C=O) groups is 1. The number of nitrogens with two attached hydrogens (primary N) is 1. The molecule has 2 fully saturated rings. The Labute approximate surface area is 105 Å². The van der Waals surface area contributed by atoms with Gasteiger partial charge < -0.3 is 10.6 Å². The van der Waals surface area contributed by atoms with Gasteiger partial charge in [-0.05, 0) is 37.5 Å². The Morgan fingerprint density at radius 1 is 1.29 bits per heavy atom. The van der Waals surface area contributed by atoms with E-state index in [0.717, 1.165) is 31.7 Å². The molecule has 1 heterocycles. The summed E-state index contributed by atoms with van der Waals surface area (Å²) in [6, 6.07) is 0.323. The van der Waals surface area contributed by atoms with Gasteiger partial charge in [-0.3, -0.25) is 4.79 Å². The zero-order valence-electron chi connectivity index (χ0n) is 11.0. The fraction of sp³-hybridized carbons (Fsp3) is 0.929. The van der Waals surface area contributed by atoms with E-state index in [-0.39, 0.29) is 0 Å². The maximum atomic E-state index is 12.3. The Kier molecular flexibility index (Phi) is 4.43. The molecule has 0 bridgehead atoms. The monoisotopic (exact) mass is 238 g/mol. The highest BCUT2D eigenvalue weighted by Crippen LogP contribution is 2.31. The van der Waals surface area contributed by atoms with Crippen LogP contribution in [0, 0.1) is 11.8 Å². The van der Waals surface area contributed by atoms with Crippen LogP contribution >= 0.6 is 0 Å². The number of hydrogen-bond donors (Lipinski definition) is 1. The van der Waals surface area contributed by atoms with Crippen molar-refractivity contribution in [3.63, 3.8) is 0 Å².